The van der Waals surface area contributed by atoms with E-state index in [1.807, 2.05) is 12.4 Å². The quantitative estimate of drug-likeness (QED) is 0.590. The summed E-state index contributed by atoms with van der Waals surface area (Å²) in [7, 11) is 0. The maximum atomic E-state index is 5.95. The third-order valence-corrected chi connectivity index (χ3v) is 5.88. The predicted octanol–water partition coefficient (Wildman–Crippen LogP) is 2.84. The number of aliphatic imine (C=N–C) groups is 1. The Morgan fingerprint density at radius 1 is 1.40 bits per heavy atom. The molecule has 2 N–H and O–H groups in total. The number of nitrogens with zero attached hydrogens (tertiary/aromatic N) is 2. The summed E-state index contributed by atoms with van der Waals surface area (Å²) in [6, 6.07) is 2.59. The smallest absolute Gasteiger partial charge is 0.191 e. The van der Waals surface area contributed by atoms with E-state index in [-0.39, 0.29) is 0 Å². The van der Waals surface area contributed by atoms with E-state index < -0.39 is 0 Å². The fourth-order valence-corrected chi connectivity index (χ4v) is 4.20. The number of rotatable bonds is 7. The van der Waals surface area contributed by atoms with Gasteiger partial charge in [0.25, 0.3) is 0 Å². The van der Waals surface area contributed by atoms with Crippen LogP contribution in [0.4, 0.5) is 0 Å². The highest BCUT2D eigenvalue weighted by Gasteiger charge is 2.59. The van der Waals surface area contributed by atoms with E-state index in [2.05, 4.69) is 42.5 Å². The number of hydrogen-bond donors (Lipinski definition) is 2. The number of aromatic nitrogens is 1. The Bertz CT molecular complexity index is 597. The lowest BCUT2D eigenvalue weighted by Gasteiger charge is -2.61. The van der Waals surface area contributed by atoms with Gasteiger partial charge in [0.1, 0.15) is 0 Å². The van der Waals surface area contributed by atoms with Gasteiger partial charge < -0.3 is 15.4 Å². The lowest BCUT2D eigenvalue weighted by molar-refractivity contribution is -0.168. The fourth-order valence-electron chi connectivity index (χ4n) is 4.20. The summed E-state index contributed by atoms with van der Waals surface area (Å²) in [6.07, 6.45) is 10.2. The van der Waals surface area contributed by atoms with Crippen LogP contribution in [0.1, 0.15) is 50.7 Å². The molecular weight excluding hydrogens is 312 g/mol. The first-order valence-corrected chi connectivity index (χ1v) is 9.75. The minimum Gasteiger partial charge on any atom is -0.378 e. The summed E-state index contributed by atoms with van der Waals surface area (Å²) >= 11 is 0. The summed E-state index contributed by atoms with van der Waals surface area (Å²) in [6.45, 7) is 8.81. The molecule has 1 aromatic rings. The second-order valence-electron chi connectivity index (χ2n) is 7.28. The molecule has 2 saturated carbocycles. The molecule has 0 radical (unpaired) electrons. The monoisotopic (exact) mass is 344 g/mol. The number of guanidine groups is 1. The molecule has 0 aliphatic heterocycles. The molecule has 1 heterocycles. The van der Waals surface area contributed by atoms with Crippen LogP contribution in [0.25, 0.3) is 0 Å². The molecule has 5 heteroatoms. The van der Waals surface area contributed by atoms with Gasteiger partial charge in [0.05, 0.1) is 6.10 Å². The standard InChI is InChI=1S/C20H32N4O/c1-4-22-19(23-12-8-16-7-11-21-14-15(16)3)24-17-13-18(25-5-2)20(17)9-6-10-20/h7,11,14,17-18H,4-6,8-10,12-13H2,1-3H3,(H2,22,23,24). The Morgan fingerprint density at radius 2 is 2.24 bits per heavy atom. The number of pyridine rings is 1. The number of nitrogens with one attached hydrogen (secondary N) is 2. The molecule has 138 valence electrons. The number of aryl methyl sites for hydroxylation is 1. The Hall–Kier alpha value is -1.62. The Kier molecular flexibility index (Phi) is 5.94. The second kappa shape index (κ2) is 8.17. The molecule has 0 saturated heterocycles. The van der Waals surface area contributed by atoms with E-state index in [1.54, 1.807) is 0 Å². The van der Waals surface area contributed by atoms with Gasteiger partial charge in [0.15, 0.2) is 5.96 Å². The van der Waals surface area contributed by atoms with Crippen LogP contribution < -0.4 is 10.6 Å². The Morgan fingerprint density at radius 3 is 2.88 bits per heavy atom. The number of ether oxygens (including phenoxy) is 1. The molecule has 25 heavy (non-hydrogen) atoms. The number of hydrogen-bond acceptors (Lipinski definition) is 3. The zero-order valence-electron chi connectivity index (χ0n) is 15.8. The zero-order chi connectivity index (χ0) is 17.7. The molecular formula is C20H32N4O. The van der Waals surface area contributed by atoms with E-state index >= 15 is 0 Å². The van der Waals surface area contributed by atoms with Gasteiger partial charge in [0, 0.05) is 43.5 Å². The van der Waals surface area contributed by atoms with Crippen LogP contribution in [-0.4, -0.2) is 42.8 Å². The SMILES string of the molecule is CCNC(=NCCc1ccncc1C)NC1CC(OCC)C12CCC2. The van der Waals surface area contributed by atoms with E-state index in [0.29, 0.717) is 17.6 Å². The molecule has 2 aliphatic rings. The maximum absolute atomic E-state index is 5.95. The third kappa shape index (κ3) is 3.81. The first kappa shape index (κ1) is 18.2. The van der Waals surface area contributed by atoms with Gasteiger partial charge in [0.2, 0.25) is 0 Å². The van der Waals surface area contributed by atoms with Crippen LogP contribution in [0.2, 0.25) is 0 Å². The molecule has 5 nitrogen and oxygen atoms in total. The largest absolute Gasteiger partial charge is 0.378 e. The summed E-state index contributed by atoms with van der Waals surface area (Å²) in [5.74, 6) is 0.945. The molecule has 0 amide bonds. The first-order chi connectivity index (χ1) is 12.2. The van der Waals surface area contributed by atoms with Crippen molar-refractivity contribution in [3.8, 4) is 0 Å². The van der Waals surface area contributed by atoms with Crippen LogP contribution in [0.3, 0.4) is 0 Å². The molecule has 2 aliphatic carbocycles. The molecule has 0 aromatic carbocycles. The van der Waals surface area contributed by atoms with Gasteiger partial charge >= 0.3 is 0 Å². The van der Waals surface area contributed by atoms with Crippen molar-refractivity contribution in [2.24, 2.45) is 10.4 Å². The lowest BCUT2D eigenvalue weighted by atomic mass is 9.51. The summed E-state index contributed by atoms with van der Waals surface area (Å²) in [5.41, 5.74) is 2.92. The van der Waals surface area contributed by atoms with Gasteiger partial charge in [-0.2, -0.15) is 0 Å². The molecule has 1 aromatic heterocycles. The van der Waals surface area contributed by atoms with E-state index in [9.17, 15) is 0 Å². The van der Waals surface area contributed by atoms with Gasteiger partial charge in [-0.05, 0) is 63.6 Å². The first-order valence-electron chi connectivity index (χ1n) is 9.75. The van der Waals surface area contributed by atoms with Crippen molar-refractivity contribution < 1.29 is 4.74 Å². The second-order valence-corrected chi connectivity index (χ2v) is 7.28. The van der Waals surface area contributed by atoms with Crippen LogP contribution in [-0.2, 0) is 11.2 Å². The van der Waals surface area contributed by atoms with Crippen molar-refractivity contribution >= 4 is 5.96 Å². The van der Waals surface area contributed by atoms with Crippen molar-refractivity contribution in [1.29, 1.82) is 0 Å². The lowest BCUT2D eigenvalue weighted by Crippen LogP contribution is -2.68. The summed E-state index contributed by atoms with van der Waals surface area (Å²) < 4.78 is 5.95. The van der Waals surface area contributed by atoms with E-state index in [0.717, 1.165) is 38.5 Å². The fraction of sp³-hybridized carbons (Fsp3) is 0.700. The molecule has 1 spiro atoms. The van der Waals surface area contributed by atoms with E-state index in [4.69, 9.17) is 9.73 Å². The van der Waals surface area contributed by atoms with Gasteiger partial charge in [-0.1, -0.05) is 6.42 Å². The molecule has 2 fully saturated rings. The highest BCUT2D eigenvalue weighted by Crippen LogP contribution is 2.57. The third-order valence-electron chi connectivity index (χ3n) is 5.88. The zero-order valence-corrected chi connectivity index (χ0v) is 15.8. The Labute approximate surface area is 151 Å². The molecule has 2 atom stereocenters. The van der Waals surface area contributed by atoms with Crippen molar-refractivity contribution in [3.63, 3.8) is 0 Å². The van der Waals surface area contributed by atoms with Gasteiger partial charge in [-0.25, -0.2) is 0 Å². The minimum absolute atomic E-state index is 0.355. The normalized spacial score (nSPS) is 24.5. The topological polar surface area (TPSA) is 58.5 Å². The van der Waals surface area contributed by atoms with E-state index in [1.165, 1.54) is 30.4 Å². The molecule has 2 unspecified atom stereocenters. The highest BCUT2D eigenvalue weighted by molar-refractivity contribution is 5.80. The minimum atomic E-state index is 0.355. The van der Waals surface area contributed by atoms with Crippen LogP contribution >= 0.6 is 0 Å². The predicted molar refractivity (Wildman–Crippen MR) is 102 cm³/mol. The average molecular weight is 345 g/mol. The van der Waals surface area contributed by atoms with Crippen LogP contribution in [0.5, 0.6) is 0 Å². The summed E-state index contributed by atoms with van der Waals surface area (Å²) in [4.78, 5) is 8.96. The summed E-state index contributed by atoms with van der Waals surface area (Å²) in [5, 5.41) is 7.08. The average Bonchev–Trinajstić information content (AvgIpc) is 2.54. The molecule has 3 rings (SSSR count). The highest BCUT2D eigenvalue weighted by atomic mass is 16.5. The van der Waals surface area contributed by atoms with Crippen LogP contribution in [0.15, 0.2) is 23.5 Å². The Balaban J connectivity index is 1.57. The van der Waals surface area contributed by atoms with Crippen LogP contribution in [0, 0.1) is 12.3 Å². The van der Waals surface area contributed by atoms with Gasteiger partial charge in [-0.15, -0.1) is 0 Å². The van der Waals surface area contributed by atoms with Crippen molar-refractivity contribution in [2.45, 2.75) is 65.0 Å². The van der Waals surface area contributed by atoms with Crippen molar-refractivity contribution in [3.05, 3.63) is 29.6 Å². The van der Waals surface area contributed by atoms with Gasteiger partial charge in [-0.3, -0.25) is 9.98 Å². The van der Waals surface area contributed by atoms with Crippen molar-refractivity contribution in [2.75, 3.05) is 19.7 Å². The molecule has 0 bridgehead atoms. The van der Waals surface area contributed by atoms with Crippen molar-refractivity contribution in [1.82, 2.24) is 15.6 Å². The maximum Gasteiger partial charge on any atom is 0.191 e.